The number of fused-ring (bicyclic) bond motifs is 2. The van der Waals surface area contributed by atoms with Crippen molar-refractivity contribution >= 4 is 51.7 Å². The van der Waals surface area contributed by atoms with E-state index in [2.05, 4.69) is 15.5 Å². The van der Waals surface area contributed by atoms with Gasteiger partial charge >= 0.3 is 5.97 Å². The molecule has 0 saturated carbocycles. The summed E-state index contributed by atoms with van der Waals surface area (Å²) in [6.45, 7) is 3.55. The van der Waals surface area contributed by atoms with E-state index in [1.807, 2.05) is 24.3 Å². The summed E-state index contributed by atoms with van der Waals surface area (Å²) in [6.07, 6.45) is 1.13. The van der Waals surface area contributed by atoms with Crippen LogP contribution >= 0.6 is 23.1 Å². The Morgan fingerprint density at radius 2 is 1.97 bits per heavy atom. The summed E-state index contributed by atoms with van der Waals surface area (Å²) < 4.78 is -0.688. The Kier molecular flexibility index (Phi) is 5.52. The number of aliphatic carboxylic acids is 1. The number of aromatic nitrogens is 1. The minimum atomic E-state index is -1.07. The van der Waals surface area contributed by atoms with Crippen LogP contribution in [0.2, 0.25) is 0 Å². The number of nitrogens with one attached hydrogen (secondary N) is 1. The van der Waals surface area contributed by atoms with Crippen LogP contribution in [0.25, 0.3) is 0 Å². The van der Waals surface area contributed by atoms with E-state index in [1.165, 1.54) is 27.8 Å². The van der Waals surface area contributed by atoms with Gasteiger partial charge in [-0.25, -0.2) is 9.78 Å². The number of carbonyl (C=O) groups excluding carboxylic acids is 2. The number of hydrogen-bond acceptors (Lipinski definition) is 9. The van der Waals surface area contributed by atoms with Gasteiger partial charge in [-0.3, -0.25) is 9.59 Å². The average molecular weight is 502 g/mol. The number of β-lactam (4-membered cyclic amide) rings is 1. The molecular weight excluding hydrogens is 478 g/mol. The summed E-state index contributed by atoms with van der Waals surface area (Å²) in [4.78, 5) is 48.9. The van der Waals surface area contributed by atoms with Crippen LogP contribution in [0, 0.1) is 0 Å². The van der Waals surface area contributed by atoms with Crippen LogP contribution in [0.4, 0.5) is 5.13 Å². The van der Waals surface area contributed by atoms with E-state index in [1.54, 1.807) is 19.2 Å². The first-order valence-electron chi connectivity index (χ1n) is 10.7. The number of oxime groups is 1. The first-order valence-corrected chi connectivity index (χ1v) is 12.5. The van der Waals surface area contributed by atoms with Gasteiger partial charge in [-0.1, -0.05) is 29.4 Å². The van der Waals surface area contributed by atoms with Crippen molar-refractivity contribution in [2.45, 2.75) is 55.0 Å². The lowest BCUT2D eigenvalue weighted by atomic mass is 9.96. The zero-order valence-electron chi connectivity index (χ0n) is 18.4. The Morgan fingerprint density at radius 3 is 2.56 bits per heavy atom. The predicted octanol–water partition coefficient (Wildman–Crippen LogP) is 1.25. The number of nitrogens with two attached hydrogens (primary N) is 1. The number of thiazole rings is 1. The summed E-state index contributed by atoms with van der Waals surface area (Å²) in [7, 11) is 0. The molecule has 0 bridgehead atoms. The lowest BCUT2D eigenvalue weighted by Crippen LogP contribution is -2.71. The van der Waals surface area contributed by atoms with Gasteiger partial charge in [0.2, 0.25) is 5.91 Å². The quantitative estimate of drug-likeness (QED) is 0.304. The van der Waals surface area contributed by atoms with E-state index in [9.17, 15) is 19.5 Å². The third kappa shape index (κ3) is 3.80. The maximum atomic E-state index is 13.2. The predicted molar refractivity (Wildman–Crippen MR) is 127 cm³/mol. The Bertz CT molecular complexity index is 1190. The van der Waals surface area contributed by atoms with Crippen LogP contribution in [-0.4, -0.2) is 66.8 Å². The zero-order valence-corrected chi connectivity index (χ0v) is 20.1. The van der Waals surface area contributed by atoms with Crippen molar-refractivity contribution in [2.75, 3.05) is 5.73 Å². The maximum Gasteiger partial charge on any atom is 0.327 e. The number of rotatable bonds is 6. The van der Waals surface area contributed by atoms with E-state index in [-0.39, 0.29) is 22.6 Å². The molecule has 10 nitrogen and oxygen atoms in total. The minimum Gasteiger partial charge on any atom is -0.480 e. The molecule has 4 N–H and O–H groups in total. The molecule has 12 heteroatoms. The van der Waals surface area contributed by atoms with Gasteiger partial charge in [0, 0.05) is 23.0 Å². The van der Waals surface area contributed by atoms with E-state index in [4.69, 9.17) is 10.6 Å². The molecule has 0 spiro atoms. The summed E-state index contributed by atoms with van der Waals surface area (Å²) in [6, 6.07) is 6.20. The van der Waals surface area contributed by atoms with Crippen molar-refractivity contribution in [1.29, 1.82) is 0 Å². The normalized spacial score (nSPS) is 25.5. The molecule has 1 aromatic carbocycles. The highest BCUT2D eigenvalue weighted by Crippen LogP contribution is 2.50. The van der Waals surface area contributed by atoms with E-state index in [0.717, 1.165) is 11.3 Å². The average Bonchev–Trinajstić information content (AvgIpc) is 3.46. The second-order valence-corrected chi connectivity index (χ2v) is 11.6. The Labute approximate surface area is 203 Å². The van der Waals surface area contributed by atoms with Gasteiger partial charge in [-0.05, 0) is 25.0 Å². The molecule has 2 aliphatic heterocycles. The summed E-state index contributed by atoms with van der Waals surface area (Å²) in [5, 5.41) is 17.8. The summed E-state index contributed by atoms with van der Waals surface area (Å²) >= 11 is 2.51. The minimum absolute atomic E-state index is 0.0767. The molecule has 1 aromatic heterocycles. The third-order valence-electron chi connectivity index (χ3n) is 6.25. The van der Waals surface area contributed by atoms with Crippen LogP contribution in [0.3, 0.4) is 0 Å². The second-order valence-electron chi connectivity index (χ2n) is 8.96. The summed E-state index contributed by atoms with van der Waals surface area (Å²) in [5.74, 6) is -2.13. The van der Waals surface area contributed by atoms with Gasteiger partial charge in [-0.15, -0.1) is 23.1 Å². The molecule has 2 amide bonds. The smallest absolute Gasteiger partial charge is 0.327 e. The topological polar surface area (TPSA) is 147 Å². The number of nitrogen functional groups attached to an aromatic ring is 1. The van der Waals surface area contributed by atoms with Gasteiger partial charge in [-0.2, -0.15) is 0 Å². The van der Waals surface area contributed by atoms with Crippen molar-refractivity contribution < 1.29 is 24.3 Å². The first-order chi connectivity index (χ1) is 16.2. The highest BCUT2D eigenvalue weighted by atomic mass is 32.2. The van der Waals surface area contributed by atoms with Crippen molar-refractivity contribution in [3.8, 4) is 0 Å². The van der Waals surface area contributed by atoms with Gasteiger partial charge in [0.1, 0.15) is 29.3 Å². The monoisotopic (exact) mass is 501 g/mol. The van der Waals surface area contributed by atoms with Crippen LogP contribution < -0.4 is 11.1 Å². The summed E-state index contributed by atoms with van der Waals surface area (Å²) in [5.41, 5.74) is 8.29. The fourth-order valence-electron chi connectivity index (χ4n) is 4.68. The van der Waals surface area contributed by atoms with Crippen molar-refractivity contribution in [3.63, 3.8) is 0 Å². The largest absolute Gasteiger partial charge is 0.480 e. The zero-order chi connectivity index (χ0) is 24.2. The van der Waals surface area contributed by atoms with Gasteiger partial charge in [0.05, 0.1) is 0 Å². The fourth-order valence-corrected chi connectivity index (χ4v) is 6.85. The lowest BCUT2D eigenvalue weighted by molar-refractivity contribution is -0.160. The Morgan fingerprint density at radius 1 is 1.29 bits per heavy atom. The molecule has 2 saturated heterocycles. The standard InChI is InChI=1S/C22H23N5O5S2/c1-22(2)16(20(30)31)27-18(29)15(19(27)34-22)25-17(28)14(13-9-33-21(23)24-13)26-32-12-7-10-5-3-4-6-11(10)8-12/h3-6,9,12,15-16,19H,7-8H2,1-2H3,(H2,23,24)(H,25,28)(H,30,31)/b26-14-/t15-,16+,19-/m1/s1. The van der Waals surface area contributed by atoms with E-state index >= 15 is 0 Å². The highest BCUT2D eigenvalue weighted by molar-refractivity contribution is 8.01. The van der Waals surface area contributed by atoms with Crippen LogP contribution in [0.5, 0.6) is 0 Å². The molecule has 3 atom stereocenters. The van der Waals surface area contributed by atoms with Crippen molar-refractivity contribution in [1.82, 2.24) is 15.2 Å². The number of benzene rings is 1. The molecule has 5 rings (SSSR count). The molecule has 1 aliphatic carbocycles. The highest BCUT2D eigenvalue weighted by Gasteiger charge is 2.64. The molecule has 3 heterocycles. The SMILES string of the molecule is CC1(C)S[C@@H]2[C@H](NC(=O)/C(=N\OC3Cc4ccccc4C3)c3csc(N)n3)C(=O)N2[C@H]1C(=O)O. The molecule has 0 radical (unpaired) electrons. The van der Waals surface area contributed by atoms with Crippen molar-refractivity contribution in [2.24, 2.45) is 5.16 Å². The number of carboxylic acid groups (broad SMARTS) is 1. The molecule has 0 unspecified atom stereocenters. The number of thioether (sulfide) groups is 1. The number of amides is 2. The van der Waals surface area contributed by atoms with Crippen LogP contribution in [-0.2, 0) is 32.1 Å². The van der Waals surface area contributed by atoms with Gasteiger partial charge < -0.3 is 25.9 Å². The Hall–Kier alpha value is -3.12. The first kappa shape index (κ1) is 22.7. The second kappa shape index (κ2) is 8.27. The van der Waals surface area contributed by atoms with Crippen molar-refractivity contribution in [3.05, 3.63) is 46.5 Å². The number of nitrogens with zero attached hydrogens (tertiary/aromatic N) is 3. The third-order valence-corrected chi connectivity index (χ3v) is 8.49. The Balaban J connectivity index is 1.33. The van der Waals surface area contributed by atoms with Crippen LogP contribution in [0.1, 0.15) is 30.7 Å². The number of carbonyl (C=O) groups is 3. The van der Waals surface area contributed by atoms with Gasteiger partial charge in [0.15, 0.2) is 10.8 Å². The molecular formula is C22H23N5O5S2. The number of hydrogen-bond donors (Lipinski definition) is 3. The molecule has 34 heavy (non-hydrogen) atoms. The van der Waals surface area contributed by atoms with E-state index < -0.39 is 40.0 Å². The molecule has 3 aliphatic rings. The van der Waals surface area contributed by atoms with Crippen LogP contribution in [0.15, 0.2) is 34.8 Å². The fraction of sp³-hybridized carbons (Fsp3) is 0.409. The maximum absolute atomic E-state index is 13.2. The lowest BCUT2D eigenvalue weighted by Gasteiger charge is -2.43. The molecule has 2 fully saturated rings. The van der Waals surface area contributed by atoms with Gasteiger partial charge in [0.25, 0.3) is 5.91 Å². The van der Waals surface area contributed by atoms with E-state index in [0.29, 0.717) is 12.8 Å². The number of anilines is 1. The molecule has 2 aromatic rings. The molecule has 178 valence electrons. The number of carboxylic acids is 1.